The first-order valence-electron chi connectivity index (χ1n) is 18.3. The maximum absolute atomic E-state index is 10.2. The number of aliphatic hydroxyl groups is 4. The van der Waals surface area contributed by atoms with Gasteiger partial charge in [0, 0.05) is 6.61 Å². The lowest BCUT2D eigenvalue weighted by atomic mass is 9.99. The minimum Gasteiger partial charge on any atom is -0.393 e. The van der Waals surface area contributed by atoms with E-state index in [-0.39, 0.29) is 6.10 Å². The van der Waals surface area contributed by atoms with Gasteiger partial charge in [-0.05, 0) is 44.9 Å². The van der Waals surface area contributed by atoms with Crippen LogP contribution in [0.1, 0.15) is 200 Å². The Morgan fingerprint density at radius 3 is 1.12 bits per heavy atom. The fraction of sp³-hybridized carbons (Fsp3) is 1.00. The molecule has 0 spiro atoms. The molecule has 5 heteroatoms. The second-order valence-corrected chi connectivity index (χ2v) is 12.8. The Hall–Kier alpha value is -0.200. The van der Waals surface area contributed by atoms with Crippen LogP contribution in [0.3, 0.4) is 0 Å². The Kier molecular flexibility index (Phi) is 32.5. The molecule has 0 radical (unpaired) electrons. The van der Waals surface area contributed by atoms with E-state index in [4.69, 9.17) is 4.74 Å². The lowest BCUT2D eigenvalue weighted by Crippen LogP contribution is -2.25. The maximum atomic E-state index is 10.2. The van der Waals surface area contributed by atoms with Crippen LogP contribution in [-0.4, -0.2) is 51.6 Å². The van der Waals surface area contributed by atoms with Gasteiger partial charge in [-0.1, -0.05) is 155 Å². The summed E-state index contributed by atoms with van der Waals surface area (Å²) in [6.07, 6.45) is 30.6. The van der Waals surface area contributed by atoms with Gasteiger partial charge in [0.1, 0.15) is 0 Å². The van der Waals surface area contributed by atoms with E-state index in [9.17, 15) is 20.4 Å². The van der Waals surface area contributed by atoms with E-state index in [2.05, 4.69) is 13.8 Å². The van der Waals surface area contributed by atoms with E-state index in [1.807, 2.05) is 0 Å². The fourth-order valence-electron chi connectivity index (χ4n) is 5.69. The zero-order valence-corrected chi connectivity index (χ0v) is 27.7. The highest BCUT2D eigenvalue weighted by Crippen LogP contribution is 2.17. The summed E-state index contributed by atoms with van der Waals surface area (Å²) < 4.78 is 5.57. The standard InChI is InChI=1S/C36H74O5/c1-3-5-7-9-11-12-13-16-21-27-33(37)28-22-20-25-31-36(40)41-32-26-19-15-14-18-24-30-35(39)34(38)29-23-17-10-8-6-4-2/h33-40H,3-32H2,1-2H3. The van der Waals surface area contributed by atoms with Crippen LogP contribution in [0.5, 0.6) is 0 Å². The highest BCUT2D eigenvalue weighted by atomic mass is 16.6. The Labute approximate surface area is 256 Å². The zero-order valence-electron chi connectivity index (χ0n) is 27.7. The first-order valence-corrected chi connectivity index (χ1v) is 18.3. The molecule has 4 atom stereocenters. The van der Waals surface area contributed by atoms with Crippen molar-refractivity contribution in [2.75, 3.05) is 6.61 Å². The van der Waals surface area contributed by atoms with Crippen LogP contribution in [0.25, 0.3) is 0 Å². The molecular formula is C36H74O5. The van der Waals surface area contributed by atoms with E-state index in [1.54, 1.807) is 0 Å². The molecule has 0 rings (SSSR count). The number of hydrogen-bond acceptors (Lipinski definition) is 5. The first-order chi connectivity index (χ1) is 20.0. The highest BCUT2D eigenvalue weighted by Gasteiger charge is 2.15. The summed E-state index contributed by atoms with van der Waals surface area (Å²) in [6.45, 7) is 5.09. The molecule has 0 saturated carbocycles. The fourth-order valence-corrected chi connectivity index (χ4v) is 5.69. The quantitative estimate of drug-likeness (QED) is 0.0445. The molecule has 0 saturated heterocycles. The van der Waals surface area contributed by atoms with Crippen LogP contribution < -0.4 is 0 Å². The predicted octanol–water partition coefficient (Wildman–Crippen LogP) is 9.76. The lowest BCUT2D eigenvalue weighted by molar-refractivity contribution is -0.105. The Morgan fingerprint density at radius 1 is 0.366 bits per heavy atom. The molecule has 0 aromatic carbocycles. The summed E-state index contributed by atoms with van der Waals surface area (Å²) in [5.74, 6) is 0. The second-order valence-electron chi connectivity index (χ2n) is 12.8. The first kappa shape index (κ1) is 40.8. The summed E-state index contributed by atoms with van der Waals surface area (Å²) in [4.78, 5) is 0. The van der Waals surface area contributed by atoms with Crippen molar-refractivity contribution in [1.29, 1.82) is 0 Å². The van der Waals surface area contributed by atoms with Crippen LogP contribution in [0.15, 0.2) is 0 Å². The van der Waals surface area contributed by atoms with Gasteiger partial charge in [0.05, 0.1) is 18.3 Å². The molecule has 0 fully saturated rings. The van der Waals surface area contributed by atoms with Gasteiger partial charge in [0.15, 0.2) is 6.29 Å². The van der Waals surface area contributed by atoms with Crippen LogP contribution in [-0.2, 0) is 4.74 Å². The van der Waals surface area contributed by atoms with E-state index < -0.39 is 18.5 Å². The molecule has 0 aliphatic carbocycles. The van der Waals surface area contributed by atoms with Gasteiger partial charge in [-0.15, -0.1) is 0 Å². The molecule has 4 unspecified atom stereocenters. The van der Waals surface area contributed by atoms with Gasteiger partial charge in [0.25, 0.3) is 0 Å². The monoisotopic (exact) mass is 587 g/mol. The van der Waals surface area contributed by atoms with Crippen LogP contribution in [0.4, 0.5) is 0 Å². The number of ether oxygens (including phenoxy) is 1. The van der Waals surface area contributed by atoms with E-state index in [1.165, 1.54) is 77.0 Å². The van der Waals surface area contributed by atoms with E-state index >= 15 is 0 Å². The maximum Gasteiger partial charge on any atom is 0.154 e. The van der Waals surface area contributed by atoms with Crippen LogP contribution in [0.2, 0.25) is 0 Å². The highest BCUT2D eigenvalue weighted by molar-refractivity contribution is 4.67. The molecule has 5 nitrogen and oxygen atoms in total. The molecule has 0 aromatic heterocycles. The molecule has 0 amide bonds. The molecule has 0 bridgehead atoms. The third kappa shape index (κ3) is 31.0. The lowest BCUT2D eigenvalue weighted by Gasteiger charge is -2.17. The summed E-state index contributed by atoms with van der Waals surface area (Å²) >= 11 is 0. The molecule has 0 aromatic rings. The van der Waals surface area contributed by atoms with Gasteiger partial charge in [-0.25, -0.2) is 0 Å². The molecule has 248 valence electrons. The van der Waals surface area contributed by atoms with Crippen molar-refractivity contribution in [3.8, 4) is 0 Å². The largest absolute Gasteiger partial charge is 0.393 e. The Bertz CT molecular complexity index is 489. The van der Waals surface area contributed by atoms with Gasteiger partial charge in [0.2, 0.25) is 0 Å². The van der Waals surface area contributed by atoms with Crippen molar-refractivity contribution >= 4 is 0 Å². The molecule has 0 aliphatic rings. The number of aliphatic hydroxyl groups excluding tert-OH is 4. The minimum atomic E-state index is -0.661. The summed E-state index contributed by atoms with van der Waals surface area (Å²) in [5.41, 5.74) is 0. The van der Waals surface area contributed by atoms with Crippen molar-refractivity contribution in [2.45, 2.75) is 225 Å². The zero-order chi connectivity index (χ0) is 30.2. The molecule has 0 aliphatic heterocycles. The summed E-state index contributed by atoms with van der Waals surface area (Å²) in [7, 11) is 0. The van der Waals surface area contributed by atoms with Crippen molar-refractivity contribution < 1.29 is 25.2 Å². The van der Waals surface area contributed by atoms with Crippen molar-refractivity contribution in [3.05, 3.63) is 0 Å². The number of hydrogen-bond donors (Lipinski definition) is 4. The third-order valence-electron chi connectivity index (χ3n) is 8.63. The van der Waals surface area contributed by atoms with Gasteiger partial charge >= 0.3 is 0 Å². The minimum absolute atomic E-state index is 0.160. The summed E-state index contributed by atoms with van der Waals surface area (Å²) in [5, 5.41) is 40.6. The molecule has 0 heterocycles. The van der Waals surface area contributed by atoms with Gasteiger partial charge in [-0.2, -0.15) is 0 Å². The van der Waals surface area contributed by atoms with Crippen LogP contribution in [0, 0.1) is 0 Å². The molecular weight excluding hydrogens is 512 g/mol. The van der Waals surface area contributed by atoms with Gasteiger partial charge in [-0.3, -0.25) is 0 Å². The summed E-state index contributed by atoms with van der Waals surface area (Å²) in [6, 6.07) is 0. The Balaban J connectivity index is 3.39. The molecule has 4 N–H and O–H groups in total. The SMILES string of the molecule is CCCCCCCCCCCC(O)CCCCCC(O)OCCCCCCCCC(O)C(O)CCCCCCCC. The van der Waals surface area contributed by atoms with Crippen LogP contribution >= 0.6 is 0 Å². The average molecular weight is 587 g/mol. The smallest absolute Gasteiger partial charge is 0.154 e. The molecule has 41 heavy (non-hydrogen) atoms. The predicted molar refractivity (Wildman–Crippen MR) is 175 cm³/mol. The van der Waals surface area contributed by atoms with Crippen molar-refractivity contribution in [1.82, 2.24) is 0 Å². The number of unbranched alkanes of at least 4 members (excludes halogenated alkanes) is 20. The van der Waals surface area contributed by atoms with Crippen molar-refractivity contribution in [3.63, 3.8) is 0 Å². The van der Waals surface area contributed by atoms with E-state index in [0.717, 1.165) is 96.3 Å². The van der Waals surface area contributed by atoms with Gasteiger partial charge < -0.3 is 25.2 Å². The topological polar surface area (TPSA) is 90.2 Å². The second kappa shape index (κ2) is 32.7. The third-order valence-corrected chi connectivity index (χ3v) is 8.63. The average Bonchev–Trinajstić information content (AvgIpc) is 2.96. The van der Waals surface area contributed by atoms with Crippen molar-refractivity contribution in [2.24, 2.45) is 0 Å². The normalized spacial score (nSPS) is 14.8. The Morgan fingerprint density at radius 2 is 0.683 bits per heavy atom. The van der Waals surface area contributed by atoms with E-state index in [0.29, 0.717) is 19.4 Å². The number of rotatable bonds is 34.